The van der Waals surface area contributed by atoms with E-state index in [0.717, 1.165) is 16.0 Å². The Morgan fingerprint density at radius 2 is 2.00 bits per heavy atom. The largest absolute Gasteiger partial charge is 0.406 e. The van der Waals surface area contributed by atoms with Gasteiger partial charge in [-0.15, -0.1) is 11.3 Å². The smallest absolute Gasteiger partial charge is 0.348 e. The van der Waals surface area contributed by atoms with E-state index < -0.39 is 11.7 Å². The fourth-order valence-corrected chi connectivity index (χ4v) is 3.46. The molecule has 1 atom stereocenters. The Labute approximate surface area is 149 Å². The molecular weight excluding hydrogens is 336 g/mol. The summed E-state index contributed by atoms with van der Waals surface area (Å²) in [7, 11) is 0. The Kier molecular flexibility index (Phi) is 4.81. The van der Waals surface area contributed by atoms with E-state index in [9.17, 15) is 9.59 Å². The molecule has 6 heteroatoms. The maximum absolute atomic E-state index is 12.2. The molecule has 25 heavy (non-hydrogen) atoms. The molecule has 128 valence electrons. The summed E-state index contributed by atoms with van der Waals surface area (Å²) in [5.74, 6) is -0.0698. The number of thiophene rings is 1. The molecule has 0 radical (unpaired) electrons. The average molecular weight is 354 g/mol. The molecule has 0 aliphatic carbocycles. The van der Waals surface area contributed by atoms with E-state index in [1.54, 1.807) is 13.0 Å². The Balaban J connectivity index is 1.78. The predicted molar refractivity (Wildman–Crippen MR) is 99.7 cm³/mol. The fraction of sp³-hybridized carbons (Fsp3) is 0.211. The van der Waals surface area contributed by atoms with Crippen molar-refractivity contribution in [2.24, 2.45) is 0 Å². The number of benzene rings is 1. The lowest BCUT2D eigenvalue weighted by Crippen LogP contribution is -2.26. The van der Waals surface area contributed by atoms with Gasteiger partial charge in [0.2, 0.25) is 11.8 Å². The number of aryl methyl sites for hydroxylation is 2. The van der Waals surface area contributed by atoms with Gasteiger partial charge in [-0.1, -0.05) is 30.3 Å². The van der Waals surface area contributed by atoms with Gasteiger partial charge in [-0.2, -0.15) is 0 Å². The molecule has 0 aliphatic rings. The topological polar surface area (TPSA) is 72.2 Å². The highest BCUT2D eigenvalue weighted by Crippen LogP contribution is 2.27. The average Bonchev–Trinajstić information content (AvgIpc) is 2.88. The summed E-state index contributed by atoms with van der Waals surface area (Å²) in [5, 5.41) is 3.29. The number of carbonyl (C=O) groups excluding carboxylic acids is 1. The molecule has 0 saturated carbocycles. The summed E-state index contributed by atoms with van der Waals surface area (Å²) < 4.78 is 5.31. The number of aromatic nitrogens is 1. The molecule has 0 bridgehead atoms. The fourth-order valence-electron chi connectivity index (χ4n) is 2.44. The molecule has 0 unspecified atom stereocenters. The van der Waals surface area contributed by atoms with Gasteiger partial charge in [0.1, 0.15) is 16.3 Å². The van der Waals surface area contributed by atoms with Crippen LogP contribution in [0.3, 0.4) is 0 Å². The van der Waals surface area contributed by atoms with Crippen molar-refractivity contribution in [3.8, 4) is 0 Å². The Bertz CT molecular complexity index is 1000. The van der Waals surface area contributed by atoms with Gasteiger partial charge in [0, 0.05) is 11.0 Å². The first-order chi connectivity index (χ1) is 12.0. The minimum absolute atomic E-state index is 0.209. The van der Waals surface area contributed by atoms with Crippen LogP contribution in [0, 0.1) is 13.8 Å². The van der Waals surface area contributed by atoms with Crippen molar-refractivity contribution in [2.45, 2.75) is 26.8 Å². The van der Waals surface area contributed by atoms with Gasteiger partial charge in [0.15, 0.2) is 0 Å². The molecule has 5 nitrogen and oxygen atoms in total. The van der Waals surface area contributed by atoms with Crippen molar-refractivity contribution in [3.63, 3.8) is 0 Å². The molecule has 1 amide bonds. The maximum atomic E-state index is 12.2. The van der Waals surface area contributed by atoms with Crippen LogP contribution in [0.25, 0.3) is 16.3 Å². The van der Waals surface area contributed by atoms with Crippen LogP contribution in [0.1, 0.15) is 34.9 Å². The second-order valence-corrected chi connectivity index (χ2v) is 6.98. The number of nitrogens with zero attached hydrogens (tertiary/aromatic N) is 1. The zero-order valence-corrected chi connectivity index (χ0v) is 15.0. The second-order valence-electron chi connectivity index (χ2n) is 5.78. The van der Waals surface area contributed by atoms with Crippen LogP contribution >= 0.6 is 11.3 Å². The van der Waals surface area contributed by atoms with E-state index in [4.69, 9.17) is 4.42 Å². The van der Waals surface area contributed by atoms with E-state index >= 15 is 0 Å². The van der Waals surface area contributed by atoms with Crippen molar-refractivity contribution in [1.29, 1.82) is 0 Å². The molecule has 1 N–H and O–H groups in total. The summed E-state index contributed by atoms with van der Waals surface area (Å²) in [6.45, 7) is 5.56. The number of rotatable bonds is 4. The Morgan fingerprint density at radius 1 is 1.28 bits per heavy atom. The molecular formula is C19H18N2O3S. The molecule has 0 fully saturated rings. The number of nitrogens with one attached hydrogen (secondary N) is 1. The minimum atomic E-state index is -0.507. The van der Waals surface area contributed by atoms with E-state index in [2.05, 4.69) is 10.3 Å². The molecule has 0 saturated heterocycles. The van der Waals surface area contributed by atoms with Crippen LogP contribution in [0.15, 0.2) is 45.6 Å². The zero-order chi connectivity index (χ0) is 18.0. The molecule has 3 aromatic rings. The third-order valence-corrected chi connectivity index (χ3v) is 5.04. The first-order valence-corrected chi connectivity index (χ1v) is 8.71. The van der Waals surface area contributed by atoms with Crippen molar-refractivity contribution < 1.29 is 9.21 Å². The summed E-state index contributed by atoms with van der Waals surface area (Å²) in [4.78, 5) is 30.4. The van der Waals surface area contributed by atoms with Crippen LogP contribution in [-0.2, 0) is 4.79 Å². The van der Waals surface area contributed by atoms with Crippen LogP contribution < -0.4 is 10.9 Å². The number of hydrogen-bond donors (Lipinski definition) is 1. The minimum Gasteiger partial charge on any atom is -0.406 e. The van der Waals surface area contributed by atoms with Gasteiger partial charge in [-0.25, -0.2) is 9.78 Å². The Morgan fingerprint density at radius 3 is 2.72 bits per heavy atom. The monoisotopic (exact) mass is 354 g/mol. The van der Waals surface area contributed by atoms with Gasteiger partial charge in [0.05, 0.1) is 0 Å². The lowest BCUT2D eigenvalue weighted by atomic mass is 10.2. The van der Waals surface area contributed by atoms with Crippen molar-refractivity contribution in [1.82, 2.24) is 10.3 Å². The zero-order valence-electron chi connectivity index (χ0n) is 14.2. The van der Waals surface area contributed by atoms with Crippen molar-refractivity contribution in [3.05, 3.63) is 68.7 Å². The van der Waals surface area contributed by atoms with Crippen LogP contribution in [0.5, 0.6) is 0 Å². The lowest BCUT2D eigenvalue weighted by molar-refractivity contribution is -0.117. The first kappa shape index (κ1) is 17.1. The highest BCUT2D eigenvalue weighted by Gasteiger charge is 2.18. The van der Waals surface area contributed by atoms with E-state index in [1.807, 2.05) is 44.2 Å². The third kappa shape index (κ3) is 3.69. The molecule has 1 aromatic carbocycles. The normalized spacial score (nSPS) is 12.6. The molecule has 3 rings (SSSR count). The van der Waals surface area contributed by atoms with Crippen LogP contribution in [-0.4, -0.2) is 10.9 Å². The van der Waals surface area contributed by atoms with Gasteiger partial charge in [-0.3, -0.25) is 4.79 Å². The molecule has 2 heterocycles. The summed E-state index contributed by atoms with van der Waals surface area (Å²) in [5.41, 5.74) is 1.42. The standard InChI is InChI=1S/C19H18N2O3S/c1-11-13(3)25-18-16(11)19(23)24-17(21-18)12(2)20-15(22)10-9-14-7-5-4-6-8-14/h4-10,12H,1-3H3,(H,20,22)/b10-9+/t12-/m0/s1. The Hall–Kier alpha value is -2.73. The van der Waals surface area contributed by atoms with Crippen molar-refractivity contribution in [2.75, 3.05) is 0 Å². The summed E-state index contributed by atoms with van der Waals surface area (Å²) >= 11 is 1.45. The predicted octanol–water partition coefficient (Wildman–Crippen LogP) is 3.76. The SMILES string of the molecule is Cc1sc2nc([C@H](C)NC(=O)/C=C/c3ccccc3)oc(=O)c2c1C. The first-order valence-electron chi connectivity index (χ1n) is 7.90. The van der Waals surface area contributed by atoms with Gasteiger partial charge >= 0.3 is 5.63 Å². The lowest BCUT2D eigenvalue weighted by Gasteiger charge is -2.10. The van der Waals surface area contributed by atoms with Gasteiger partial charge in [0.25, 0.3) is 0 Å². The number of amides is 1. The number of carbonyl (C=O) groups is 1. The number of fused-ring (bicyclic) bond motifs is 1. The highest BCUT2D eigenvalue weighted by atomic mass is 32.1. The summed E-state index contributed by atoms with van der Waals surface area (Å²) in [6, 6.07) is 9.02. The van der Waals surface area contributed by atoms with Crippen LogP contribution in [0.2, 0.25) is 0 Å². The van der Waals surface area contributed by atoms with Gasteiger partial charge in [-0.05, 0) is 38.0 Å². The molecule has 2 aromatic heterocycles. The second kappa shape index (κ2) is 7.03. The maximum Gasteiger partial charge on any atom is 0.348 e. The third-order valence-electron chi connectivity index (χ3n) is 3.94. The van der Waals surface area contributed by atoms with E-state index in [1.165, 1.54) is 17.4 Å². The van der Waals surface area contributed by atoms with E-state index in [-0.39, 0.29) is 11.8 Å². The van der Waals surface area contributed by atoms with Crippen LogP contribution in [0.4, 0.5) is 0 Å². The van der Waals surface area contributed by atoms with E-state index in [0.29, 0.717) is 10.2 Å². The molecule has 0 aliphatic heterocycles. The van der Waals surface area contributed by atoms with Crippen molar-refractivity contribution >= 4 is 33.5 Å². The number of hydrogen-bond acceptors (Lipinski definition) is 5. The highest BCUT2D eigenvalue weighted by molar-refractivity contribution is 7.18. The summed E-state index contributed by atoms with van der Waals surface area (Å²) in [6.07, 6.45) is 3.17. The quantitative estimate of drug-likeness (QED) is 0.724. The van der Waals surface area contributed by atoms with Gasteiger partial charge < -0.3 is 9.73 Å². The molecule has 0 spiro atoms.